The largest absolute Gasteiger partial charge is 0.315 e. The van der Waals surface area contributed by atoms with Gasteiger partial charge in [0.2, 0.25) is 0 Å². The normalized spacial score (nSPS) is 17.9. The fourth-order valence-corrected chi connectivity index (χ4v) is 3.27. The molecule has 1 aliphatic rings. The number of nitrogens with zero attached hydrogens (tertiary/aromatic N) is 1. The fourth-order valence-electron chi connectivity index (χ4n) is 2.22. The van der Waals surface area contributed by atoms with Crippen molar-refractivity contribution in [3.63, 3.8) is 0 Å². The minimum Gasteiger partial charge on any atom is -0.315 e. The van der Waals surface area contributed by atoms with Crippen molar-refractivity contribution in [2.24, 2.45) is 0 Å². The fraction of sp³-hybridized carbons (Fsp3) is 0.308. The highest BCUT2D eigenvalue weighted by Gasteiger charge is 2.29. The monoisotopic (exact) mass is 230 g/mol. The van der Waals surface area contributed by atoms with Gasteiger partial charge >= 0.3 is 0 Å². The second-order valence-electron chi connectivity index (χ2n) is 4.15. The molecule has 0 amide bonds. The Balaban J connectivity index is 1.85. The Kier molecular flexibility index (Phi) is 2.50. The van der Waals surface area contributed by atoms with Gasteiger partial charge in [-0.05, 0) is 24.6 Å². The average Bonchev–Trinajstić information content (AvgIpc) is 2.69. The number of benzene rings is 1. The van der Waals surface area contributed by atoms with E-state index in [0.717, 1.165) is 13.0 Å². The van der Waals surface area contributed by atoms with Crippen molar-refractivity contribution < 1.29 is 0 Å². The molecule has 0 fully saturated rings. The van der Waals surface area contributed by atoms with Crippen LogP contribution in [0.25, 0.3) is 0 Å². The number of aromatic nitrogens is 1. The summed E-state index contributed by atoms with van der Waals surface area (Å²) in [4.78, 5) is 5.86. The molecule has 1 atom stereocenters. The second-order valence-corrected chi connectivity index (χ2v) is 5.30. The molecule has 1 unspecified atom stereocenters. The predicted molar refractivity (Wildman–Crippen MR) is 66.9 cm³/mol. The van der Waals surface area contributed by atoms with Crippen molar-refractivity contribution in [2.45, 2.75) is 18.9 Å². The van der Waals surface area contributed by atoms with E-state index < -0.39 is 0 Å². The lowest BCUT2D eigenvalue weighted by Gasteiger charge is -2.28. The van der Waals surface area contributed by atoms with Crippen LogP contribution in [-0.2, 0) is 13.0 Å². The van der Waals surface area contributed by atoms with Gasteiger partial charge in [-0.25, -0.2) is 4.98 Å². The molecule has 1 aromatic heterocycles. The number of fused-ring (bicyclic) bond motifs is 1. The van der Waals surface area contributed by atoms with E-state index in [4.69, 9.17) is 0 Å². The molecule has 3 heteroatoms. The van der Waals surface area contributed by atoms with Crippen molar-refractivity contribution in [1.29, 1.82) is 0 Å². The van der Waals surface area contributed by atoms with Crippen LogP contribution >= 0.6 is 11.3 Å². The molecule has 1 heterocycles. The van der Waals surface area contributed by atoms with Gasteiger partial charge in [0, 0.05) is 23.5 Å². The Morgan fingerprint density at radius 1 is 1.44 bits per heavy atom. The van der Waals surface area contributed by atoms with E-state index in [1.165, 1.54) is 21.0 Å². The first kappa shape index (κ1) is 10.00. The lowest BCUT2D eigenvalue weighted by molar-refractivity contribution is 0.702. The van der Waals surface area contributed by atoms with Crippen LogP contribution in [0, 0.1) is 0 Å². The number of hydrogen-bond donors (Lipinski definition) is 1. The Morgan fingerprint density at radius 3 is 3.12 bits per heavy atom. The molecular weight excluding hydrogens is 216 g/mol. The van der Waals surface area contributed by atoms with Gasteiger partial charge in [-0.1, -0.05) is 24.3 Å². The Hall–Kier alpha value is -1.19. The van der Waals surface area contributed by atoms with Crippen molar-refractivity contribution in [3.8, 4) is 0 Å². The predicted octanol–water partition coefficient (Wildman–Crippen LogP) is 2.55. The van der Waals surface area contributed by atoms with Crippen LogP contribution in [0.5, 0.6) is 0 Å². The quantitative estimate of drug-likeness (QED) is 0.876. The first-order valence-electron chi connectivity index (χ1n) is 5.55. The molecule has 0 saturated carbocycles. The third-order valence-electron chi connectivity index (χ3n) is 3.08. The molecule has 0 bridgehead atoms. The minimum absolute atomic E-state index is 0.548. The Labute approximate surface area is 99.4 Å². The van der Waals surface area contributed by atoms with Crippen molar-refractivity contribution in [2.75, 3.05) is 7.05 Å². The van der Waals surface area contributed by atoms with Crippen LogP contribution in [0.2, 0.25) is 0 Å². The standard InChI is InChI=1S/C13H14N2S/c1-14-7-10-8-15-13(16-10)12-6-9-4-2-3-5-11(9)12/h2-5,8,12,14H,6-7H2,1H3. The molecule has 1 aromatic carbocycles. The number of thiazole rings is 1. The van der Waals surface area contributed by atoms with Crippen LogP contribution in [0.3, 0.4) is 0 Å². The van der Waals surface area contributed by atoms with Crippen LogP contribution in [0.1, 0.15) is 26.9 Å². The Morgan fingerprint density at radius 2 is 2.31 bits per heavy atom. The van der Waals surface area contributed by atoms with Gasteiger partial charge in [0.1, 0.15) is 5.01 Å². The van der Waals surface area contributed by atoms with E-state index in [0.29, 0.717) is 5.92 Å². The molecule has 2 nitrogen and oxygen atoms in total. The second kappa shape index (κ2) is 4.00. The molecule has 16 heavy (non-hydrogen) atoms. The molecule has 0 radical (unpaired) electrons. The van der Waals surface area contributed by atoms with Crippen LogP contribution in [0.4, 0.5) is 0 Å². The summed E-state index contributed by atoms with van der Waals surface area (Å²) in [6.45, 7) is 0.923. The Bertz CT molecular complexity index is 504. The van der Waals surface area contributed by atoms with E-state index in [2.05, 4.69) is 34.6 Å². The lowest BCUT2D eigenvalue weighted by Crippen LogP contribution is -2.17. The number of rotatable bonds is 3. The van der Waals surface area contributed by atoms with E-state index in [9.17, 15) is 0 Å². The summed E-state index contributed by atoms with van der Waals surface area (Å²) >= 11 is 1.83. The van der Waals surface area contributed by atoms with Gasteiger partial charge in [0.25, 0.3) is 0 Å². The third-order valence-corrected chi connectivity index (χ3v) is 4.19. The van der Waals surface area contributed by atoms with E-state index >= 15 is 0 Å². The van der Waals surface area contributed by atoms with Crippen LogP contribution in [0.15, 0.2) is 30.5 Å². The molecule has 0 spiro atoms. The summed E-state index contributed by atoms with van der Waals surface area (Å²) in [6, 6.07) is 8.67. The van der Waals surface area contributed by atoms with Gasteiger partial charge < -0.3 is 5.32 Å². The van der Waals surface area contributed by atoms with Gasteiger partial charge in [-0.2, -0.15) is 0 Å². The average molecular weight is 230 g/mol. The molecule has 3 rings (SSSR count). The van der Waals surface area contributed by atoms with E-state index in [1.54, 1.807) is 0 Å². The minimum atomic E-state index is 0.548. The van der Waals surface area contributed by atoms with Crippen molar-refractivity contribution in [3.05, 3.63) is 51.5 Å². The first-order valence-corrected chi connectivity index (χ1v) is 6.37. The molecular formula is C13H14N2S. The topological polar surface area (TPSA) is 24.9 Å². The first-order chi connectivity index (χ1) is 7.88. The maximum atomic E-state index is 4.53. The van der Waals surface area contributed by atoms with Crippen LogP contribution in [-0.4, -0.2) is 12.0 Å². The number of hydrogen-bond acceptors (Lipinski definition) is 3. The zero-order valence-electron chi connectivity index (χ0n) is 9.23. The SMILES string of the molecule is CNCc1cnc(C2Cc3ccccc32)s1. The zero-order chi connectivity index (χ0) is 11.0. The lowest BCUT2D eigenvalue weighted by atomic mass is 9.78. The molecule has 0 aliphatic heterocycles. The number of nitrogens with one attached hydrogen (secondary N) is 1. The highest BCUT2D eigenvalue weighted by Crippen LogP contribution is 2.41. The summed E-state index contributed by atoms with van der Waals surface area (Å²) in [6.07, 6.45) is 3.15. The van der Waals surface area contributed by atoms with Gasteiger partial charge in [-0.15, -0.1) is 11.3 Å². The maximum absolute atomic E-state index is 4.53. The van der Waals surface area contributed by atoms with Crippen LogP contribution < -0.4 is 5.32 Å². The summed E-state index contributed by atoms with van der Waals surface area (Å²) in [7, 11) is 1.97. The van der Waals surface area contributed by atoms with Gasteiger partial charge in [0.05, 0.1) is 0 Å². The molecule has 1 aliphatic carbocycles. The smallest absolute Gasteiger partial charge is 0.101 e. The third kappa shape index (κ3) is 1.56. The van der Waals surface area contributed by atoms with E-state index in [1.807, 2.05) is 24.6 Å². The summed E-state index contributed by atoms with van der Waals surface area (Å²) in [5.41, 5.74) is 2.95. The van der Waals surface area contributed by atoms with Gasteiger partial charge in [-0.3, -0.25) is 0 Å². The van der Waals surface area contributed by atoms with Crippen molar-refractivity contribution in [1.82, 2.24) is 10.3 Å². The summed E-state index contributed by atoms with van der Waals surface area (Å²) in [5, 5.41) is 4.43. The summed E-state index contributed by atoms with van der Waals surface area (Å²) in [5.74, 6) is 0.548. The zero-order valence-corrected chi connectivity index (χ0v) is 10.1. The highest BCUT2D eigenvalue weighted by atomic mass is 32.1. The molecule has 0 saturated heterocycles. The molecule has 1 N–H and O–H groups in total. The maximum Gasteiger partial charge on any atom is 0.101 e. The summed E-state index contributed by atoms with van der Waals surface area (Å²) < 4.78 is 0. The van der Waals surface area contributed by atoms with E-state index in [-0.39, 0.29) is 0 Å². The van der Waals surface area contributed by atoms with Gasteiger partial charge in [0.15, 0.2) is 0 Å². The molecule has 82 valence electrons. The highest BCUT2D eigenvalue weighted by molar-refractivity contribution is 7.11. The molecule has 2 aromatic rings. The van der Waals surface area contributed by atoms with Crippen molar-refractivity contribution >= 4 is 11.3 Å².